The monoisotopic (exact) mass is 519 g/mol. The second-order valence-corrected chi connectivity index (χ2v) is 10.5. The van der Waals surface area contributed by atoms with Gasteiger partial charge in [-0.3, -0.25) is 14.6 Å². The zero-order chi connectivity index (χ0) is 27.5. The summed E-state index contributed by atoms with van der Waals surface area (Å²) in [5, 5.41) is 2.97. The molecule has 2 N–H and O–H groups in total. The summed E-state index contributed by atoms with van der Waals surface area (Å²) in [4.78, 5) is 36.9. The average molecular weight is 520 g/mol. The maximum atomic E-state index is 12.8. The molecule has 8 nitrogen and oxygen atoms in total. The molecule has 38 heavy (non-hydrogen) atoms. The van der Waals surface area contributed by atoms with E-state index < -0.39 is 11.7 Å². The number of benzene rings is 2. The molecule has 0 spiro atoms. The number of anilines is 1. The molecule has 1 aromatic heterocycles. The predicted molar refractivity (Wildman–Crippen MR) is 151 cm³/mol. The molecule has 0 aliphatic carbocycles. The van der Waals surface area contributed by atoms with E-state index in [9.17, 15) is 9.59 Å². The van der Waals surface area contributed by atoms with Crippen molar-refractivity contribution in [2.75, 3.05) is 18.4 Å². The Morgan fingerprint density at radius 1 is 0.895 bits per heavy atom. The summed E-state index contributed by atoms with van der Waals surface area (Å²) < 4.78 is 5.58. The molecule has 0 aliphatic rings. The van der Waals surface area contributed by atoms with Crippen LogP contribution in [0.3, 0.4) is 0 Å². The molecule has 1 heterocycles. The number of aromatic amines is 1. The highest BCUT2D eigenvalue weighted by atomic mass is 16.6. The number of imidazole rings is 1. The Labute approximate surface area is 226 Å². The number of carbonyl (C=O) groups is 2. The highest BCUT2D eigenvalue weighted by molar-refractivity contribution is 6.04. The second-order valence-electron chi connectivity index (χ2n) is 10.5. The lowest BCUT2D eigenvalue weighted by atomic mass is 10.1. The second kappa shape index (κ2) is 13.8. The largest absolute Gasteiger partial charge is 0.444 e. The third-order valence-corrected chi connectivity index (χ3v) is 5.83. The number of hydrogen-bond donors (Lipinski definition) is 2. The van der Waals surface area contributed by atoms with Crippen molar-refractivity contribution < 1.29 is 14.3 Å². The molecular formula is C30H41N5O3. The number of hydrogen-bond acceptors (Lipinski definition) is 5. The quantitative estimate of drug-likeness (QED) is 0.296. The van der Waals surface area contributed by atoms with Gasteiger partial charge in [0, 0.05) is 36.7 Å². The number of H-pyrrole nitrogens is 1. The summed E-state index contributed by atoms with van der Waals surface area (Å²) in [5.74, 6) is 0.490. The molecular weight excluding hydrogens is 478 g/mol. The Morgan fingerprint density at radius 3 is 2.05 bits per heavy atom. The van der Waals surface area contributed by atoms with Gasteiger partial charge in [-0.05, 0) is 82.1 Å². The van der Waals surface area contributed by atoms with Crippen LogP contribution in [0.5, 0.6) is 0 Å². The van der Waals surface area contributed by atoms with Crippen molar-refractivity contribution >= 4 is 17.7 Å². The Hall–Kier alpha value is -3.65. The van der Waals surface area contributed by atoms with E-state index in [1.165, 1.54) is 5.56 Å². The Morgan fingerprint density at radius 2 is 1.50 bits per heavy atom. The Balaban J connectivity index is 1.61. The van der Waals surface area contributed by atoms with E-state index in [2.05, 4.69) is 46.2 Å². The first-order chi connectivity index (χ1) is 18.2. The topological polar surface area (TPSA) is 90.6 Å². The molecule has 3 aromatic rings. The van der Waals surface area contributed by atoms with Crippen molar-refractivity contribution in [2.45, 2.75) is 72.7 Å². The molecule has 2 aromatic carbocycles. The van der Waals surface area contributed by atoms with Crippen LogP contribution >= 0.6 is 0 Å². The fourth-order valence-corrected chi connectivity index (χ4v) is 4.12. The Kier molecular flexibility index (Phi) is 10.5. The lowest BCUT2D eigenvalue weighted by Gasteiger charge is -2.27. The molecule has 0 saturated heterocycles. The van der Waals surface area contributed by atoms with Crippen molar-refractivity contribution in [1.82, 2.24) is 19.8 Å². The van der Waals surface area contributed by atoms with Gasteiger partial charge in [0.05, 0.1) is 6.54 Å². The van der Waals surface area contributed by atoms with Crippen molar-refractivity contribution in [2.24, 2.45) is 0 Å². The minimum absolute atomic E-state index is 0.178. The normalized spacial score (nSPS) is 11.4. The molecule has 8 heteroatoms. The third kappa shape index (κ3) is 9.34. The number of rotatable bonds is 12. The number of ether oxygens (including phenoxy) is 1. The van der Waals surface area contributed by atoms with Crippen LogP contribution in [0, 0.1) is 0 Å². The zero-order valence-corrected chi connectivity index (χ0v) is 23.3. The van der Waals surface area contributed by atoms with Crippen molar-refractivity contribution in [3.63, 3.8) is 0 Å². The van der Waals surface area contributed by atoms with Crippen molar-refractivity contribution in [3.8, 4) is 0 Å². The lowest BCUT2D eigenvalue weighted by molar-refractivity contribution is 0.0211. The first-order valence-corrected chi connectivity index (χ1v) is 13.3. The number of nitrogens with zero attached hydrogens (tertiary/aromatic N) is 3. The van der Waals surface area contributed by atoms with E-state index in [4.69, 9.17) is 4.74 Å². The van der Waals surface area contributed by atoms with E-state index in [0.717, 1.165) is 43.7 Å². The van der Waals surface area contributed by atoms with Crippen LogP contribution in [0.1, 0.15) is 74.8 Å². The molecule has 0 atom stereocenters. The van der Waals surface area contributed by atoms with Gasteiger partial charge in [0.15, 0.2) is 0 Å². The van der Waals surface area contributed by atoms with Crippen LogP contribution in [0.25, 0.3) is 0 Å². The number of amides is 2. The van der Waals surface area contributed by atoms with Gasteiger partial charge in [-0.25, -0.2) is 9.78 Å². The minimum Gasteiger partial charge on any atom is -0.444 e. The molecule has 0 radical (unpaired) electrons. The van der Waals surface area contributed by atoms with Crippen LogP contribution in [0.4, 0.5) is 10.5 Å². The van der Waals surface area contributed by atoms with Crippen LogP contribution in [-0.4, -0.2) is 50.5 Å². The minimum atomic E-state index is -0.608. The highest BCUT2D eigenvalue weighted by Crippen LogP contribution is 2.17. The summed E-state index contributed by atoms with van der Waals surface area (Å²) >= 11 is 0. The van der Waals surface area contributed by atoms with Gasteiger partial charge < -0.3 is 15.0 Å². The standard InChI is InChI=1S/C30H41N5O3/c1-6-18-34(19-7-2)20-23-10-14-26(15-11-23)33-28(36)25-12-8-24(9-13-25)21-35(22-27-31-16-17-32-27)29(37)38-30(3,4)5/h8-17H,6-7,18-22H2,1-5H3,(H,31,32)(H,33,36). The summed E-state index contributed by atoms with van der Waals surface area (Å²) in [5.41, 5.74) is 2.81. The summed E-state index contributed by atoms with van der Waals surface area (Å²) in [6, 6.07) is 15.3. The smallest absolute Gasteiger partial charge is 0.410 e. The molecule has 3 rings (SSSR count). The van der Waals surface area contributed by atoms with Gasteiger partial charge in [0.2, 0.25) is 0 Å². The molecule has 0 unspecified atom stereocenters. The van der Waals surface area contributed by atoms with E-state index in [0.29, 0.717) is 17.9 Å². The van der Waals surface area contributed by atoms with Gasteiger partial charge in [-0.15, -0.1) is 0 Å². The predicted octanol–water partition coefficient (Wildman–Crippen LogP) is 6.22. The summed E-state index contributed by atoms with van der Waals surface area (Å²) in [7, 11) is 0. The lowest BCUT2D eigenvalue weighted by Crippen LogP contribution is -2.36. The van der Waals surface area contributed by atoms with Crippen LogP contribution < -0.4 is 5.32 Å². The van der Waals surface area contributed by atoms with E-state index >= 15 is 0 Å². The number of aromatic nitrogens is 2. The van der Waals surface area contributed by atoms with Crippen molar-refractivity contribution in [3.05, 3.63) is 83.4 Å². The molecule has 2 amide bonds. The highest BCUT2D eigenvalue weighted by Gasteiger charge is 2.23. The molecule has 0 saturated carbocycles. The van der Waals surface area contributed by atoms with Gasteiger partial charge in [-0.1, -0.05) is 38.1 Å². The van der Waals surface area contributed by atoms with Crippen LogP contribution in [0.15, 0.2) is 60.9 Å². The van der Waals surface area contributed by atoms with Crippen LogP contribution in [-0.2, 0) is 24.4 Å². The maximum absolute atomic E-state index is 12.8. The first-order valence-electron chi connectivity index (χ1n) is 13.3. The fourth-order valence-electron chi connectivity index (χ4n) is 4.12. The summed E-state index contributed by atoms with van der Waals surface area (Å²) in [6.45, 7) is 13.6. The first kappa shape index (κ1) is 28.9. The summed E-state index contributed by atoms with van der Waals surface area (Å²) in [6.07, 6.45) is 5.21. The van der Waals surface area contributed by atoms with Gasteiger partial charge in [0.1, 0.15) is 11.4 Å². The maximum Gasteiger partial charge on any atom is 0.410 e. The van der Waals surface area contributed by atoms with E-state index in [1.54, 1.807) is 29.4 Å². The molecule has 0 aliphatic heterocycles. The van der Waals surface area contributed by atoms with Gasteiger partial charge in [-0.2, -0.15) is 0 Å². The van der Waals surface area contributed by atoms with E-state index in [-0.39, 0.29) is 12.5 Å². The number of carbonyl (C=O) groups excluding carboxylic acids is 2. The van der Waals surface area contributed by atoms with Crippen molar-refractivity contribution in [1.29, 1.82) is 0 Å². The third-order valence-electron chi connectivity index (χ3n) is 5.83. The molecule has 0 bridgehead atoms. The van der Waals surface area contributed by atoms with Gasteiger partial charge >= 0.3 is 6.09 Å². The van der Waals surface area contributed by atoms with Crippen LogP contribution in [0.2, 0.25) is 0 Å². The number of nitrogens with one attached hydrogen (secondary N) is 2. The molecule has 204 valence electrons. The van der Waals surface area contributed by atoms with Gasteiger partial charge in [0.25, 0.3) is 5.91 Å². The average Bonchev–Trinajstić information content (AvgIpc) is 3.38. The van der Waals surface area contributed by atoms with E-state index in [1.807, 2.05) is 45.0 Å². The Bertz CT molecular complexity index is 1130. The molecule has 0 fully saturated rings. The SMILES string of the molecule is CCCN(CCC)Cc1ccc(NC(=O)c2ccc(CN(Cc3ncc[nH]3)C(=O)OC(C)(C)C)cc2)cc1. The fraction of sp³-hybridized carbons (Fsp3) is 0.433. The zero-order valence-electron chi connectivity index (χ0n) is 23.3.